The molecule has 2 aromatic rings. The number of rotatable bonds is 7. The molecule has 0 aliphatic rings. The number of nitriles is 1. The van der Waals surface area contributed by atoms with E-state index in [4.69, 9.17) is 10.00 Å². The van der Waals surface area contributed by atoms with Gasteiger partial charge in [0.05, 0.1) is 19.2 Å². The van der Waals surface area contributed by atoms with Crippen molar-refractivity contribution in [3.63, 3.8) is 0 Å². The van der Waals surface area contributed by atoms with Gasteiger partial charge < -0.3 is 15.4 Å². The maximum absolute atomic E-state index is 13.5. The average Bonchev–Trinajstić information content (AvgIpc) is 2.59. The topological polar surface area (TPSA) is 74.2 Å². The predicted molar refractivity (Wildman–Crippen MR) is 89.3 cm³/mol. The molecule has 0 radical (unpaired) electrons. The number of hydrogen-bond acceptors (Lipinski definition) is 4. The average molecular weight is 327 g/mol. The fourth-order valence-corrected chi connectivity index (χ4v) is 2.27. The molecule has 2 rings (SSSR count). The van der Waals surface area contributed by atoms with Gasteiger partial charge in [0.15, 0.2) is 0 Å². The van der Waals surface area contributed by atoms with Crippen LogP contribution in [0, 0.1) is 17.1 Å². The summed E-state index contributed by atoms with van der Waals surface area (Å²) in [4.78, 5) is 12.0. The Morgan fingerprint density at radius 1 is 1.21 bits per heavy atom. The van der Waals surface area contributed by atoms with Gasteiger partial charge in [0, 0.05) is 18.7 Å². The Labute approximate surface area is 140 Å². The lowest BCUT2D eigenvalue weighted by Crippen LogP contribution is -2.30. The molecule has 0 bridgehead atoms. The fourth-order valence-electron chi connectivity index (χ4n) is 2.27. The summed E-state index contributed by atoms with van der Waals surface area (Å²) in [6.45, 7) is 0.741. The van der Waals surface area contributed by atoms with Gasteiger partial charge in [-0.15, -0.1) is 0 Å². The van der Waals surface area contributed by atoms with Crippen LogP contribution in [0.2, 0.25) is 0 Å². The number of carbonyl (C=O) groups is 1. The summed E-state index contributed by atoms with van der Waals surface area (Å²) in [7, 11) is 1.56. The van der Waals surface area contributed by atoms with E-state index in [0.717, 1.165) is 5.56 Å². The van der Waals surface area contributed by atoms with E-state index < -0.39 is 5.82 Å². The molecular weight excluding hydrogens is 309 g/mol. The Morgan fingerprint density at radius 3 is 2.75 bits per heavy atom. The first kappa shape index (κ1) is 17.3. The lowest BCUT2D eigenvalue weighted by molar-refractivity contribution is -0.120. The lowest BCUT2D eigenvalue weighted by atomic mass is 10.1. The highest BCUT2D eigenvalue weighted by Crippen LogP contribution is 2.18. The van der Waals surface area contributed by atoms with Crippen molar-refractivity contribution >= 4 is 11.6 Å². The molecule has 0 spiro atoms. The van der Waals surface area contributed by atoms with Gasteiger partial charge in [-0.2, -0.15) is 5.26 Å². The lowest BCUT2D eigenvalue weighted by Gasteiger charge is -2.11. The Bertz CT molecular complexity index is 756. The van der Waals surface area contributed by atoms with Gasteiger partial charge >= 0.3 is 0 Å². The van der Waals surface area contributed by atoms with Crippen LogP contribution in [0.1, 0.15) is 11.1 Å². The summed E-state index contributed by atoms with van der Waals surface area (Å²) in [6.07, 6.45) is 0.216. The van der Waals surface area contributed by atoms with Crippen LogP contribution in [0.25, 0.3) is 0 Å². The zero-order chi connectivity index (χ0) is 17.4. The standard InChI is InChI=1S/C18H18FN3O2/c1-24-17-8-3-2-5-13(17)11-18(23)22-10-9-21-16-7-4-6-15(19)14(16)12-20/h2-8,21H,9-11H2,1H3,(H,22,23). The minimum absolute atomic E-state index is 0.0298. The van der Waals surface area contributed by atoms with Crippen LogP contribution in [0.4, 0.5) is 10.1 Å². The Balaban J connectivity index is 1.82. The van der Waals surface area contributed by atoms with Gasteiger partial charge in [0.1, 0.15) is 23.2 Å². The summed E-state index contributed by atoms with van der Waals surface area (Å²) in [5.74, 6) is -0.0343. The maximum Gasteiger partial charge on any atom is 0.224 e. The Kier molecular flexibility index (Phi) is 6.15. The molecule has 0 aromatic heterocycles. The van der Waals surface area contributed by atoms with Crippen LogP contribution in [0.15, 0.2) is 42.5 Å². The summed E-state index contributed by atoms with van der Waals surface area (Å²) in [6, 6.07) is 13.5. The van der Waals surface area contributed by atoms with Crippen molar-refractivity contribution in [1.82, 2.24) is 5.32 Å². The maximum atomic E-state index is 13.5. The number of para-hydroxylation sites is 1. The van der Waals surface area contributed by atoms with Crippen molar-refractivity contribution in [3.05, 3.63) is 59.4 Å². The Hall–Kier alpha value is -3.07. The normalized spacial score (nSPS) is 9.88. The molecule has 5 nitrogen and oxygen atoms in total. The second-order valence-electron chi connectivity index (χ2n) is 5.04. The third kappa shape index (κ3) is 4.46. The number of nitrogens with one attached hydrogen (secondary N) is 2. The molecule has 6 heteroatoms. The van der Waals surface area contributed by atoms with E-state index in [2.05, 4.69) is 10.6 Å². The van der Waals surface area contributed by atoms with Crippen molar-refractivity contribution in [2.45, 2.75) is 6.42 Å². The molecule has 2 aromatic carbocycles. The first-order valence-corrected chi connectivity index (χ1v) is 7.46. The summed E-state index contributed by atoms with van der Waals surface area (Å²) in [5.41, 5.74) is 1.19. The SMILES string of the molecule is COc1ccccc1CC(=O)NCCNc1cccc(F)c1C#N. The summed E-state index contributed by atoms with van der Waals surface area (Å²) in [5, 5.41) is 14.7. The number of hydrogen-bond donors (Lipinski definition) is 2. The fraction of sp³-hybridized carbons (Fsp3) is 0.222. The van der Waals surface area contributed by atoms with Crippen LogP contribution < -0.4 is 15.4 Å². The van der Waals surface area contributed by atoms with E-state index in [1.165, 1.54) is 12.1 Å². The van der Waals surface area contributed by atoms with Crippen LogP contribution in [-0.4, -0.2) is 26.1 Å². The molecule has 0 unspecified atom stereocenters. The molecule has 0 fully saturated rings. The van der Waals surface area contributed by atoms with Crippen LogP contribution in [0.3, 0.4) is 0 Å². The minimum Gasteiger partial charge on any atom is -0.496 e. The van der Waals surface area contributed by atoms with E-state index in [1.54, 1.807) is 19.2 Å². The largest absolute Gasteiger partial charge is 0.496 e. The van der Waals surface area contributed by atoms with Gasteiger partial charge in [0.2, 0.25) is 5.91 Å². The zero-order valence-electron chi connectivity index (χ0n) is 13.3. The molecule has 124 valence electrons. The molecule has 2 N–H and O–H groups in total. The van der Waals surface area contributed by atoms with Gasteiger partial charge in [-0.3, -0.25) is 4.79 Å². The van der Waals surface area contributed by atoms with Crippen molar-refractivity contribution < 1.29 is 13.9 Å². The van der Waals surface area contributed by atoms with Crippen LogP contribution in [0.5, 0.6) is 5.75 Å². The molecule has 0 saturated carbocycles. The van der Waals surface area contributed by atoms with Gasteiger partial charge in [0.25, 0.3) is 0 Å². The Morgan fingerprint density at radius 2 is 2.00 bits per heavy atom. The third-order valence-electron chi connectivity index (χ3n) is 3.43. The highest BCUT2D eigenvalue weighted by atomic mass is 19.1. The molecule has 0 aliphatic carbocycles. The number of nitrogens with zero attached hydrogens (tertiary/aromatic N) is 1. The van der Waals surface area contributed by atoms with Gasteiger partial charge in [-0.05, 0) is 18.2 Å². The quantitative estimate of drug-likeness (QED) is 0.766. The van der Waals surface area contributed by atoms with E-state index in [1.807, 2.05) is 24.3 Å². The number of methoxy groups -OCH3 is 1. The molecule has 0 aliphatic heterocycles. The highest BCUT2D eigenvalue weighted by molar-refractivity contribution is 5.79. The third-order valence-corrected chi connectivity index (χ3v) is 3.43. The summed E-state index contributed by atoms with van der Waals surface area (Å²) >= 11 is 0. The van der Waals surface area contributed by atoms with Crippen LogP contribution >= 0.6 is 0 Å². The van der Waals surface area contributed by atoms with Gasteiger partial charge in [-0.1, -0.05) is 24.3 Å². The van der Waals surface area contributed by atoms with Crippen molar-refractivity contribution in [3.8, 4) is 11.8 Å². The van der Waals surface area contributed by atoms with Crippen LogP contribution in [-0.2, 0) is 11.2 Å². The van der Waals surface area contributed by atoms with Crippen molar-refractivity contribution in [1.29, 1.82) is 5.26 Å². The van der Waals surface area contributed by atoms with E-state index >= 15 is 0 Å². The predicted octanol–water partition coefficient (Wildman–Crippen LogP) is 2.48. The first-order valence-electron chi connectivity index (χ1n) is 7.46. The smallest absolute Gasteiger partial charge is 0.224 e. The molecular formula is C18H18FN3O2. The number of amides is 1. The number of halogens is 1. The first-order chi connectivity index (χ1) is 11.7. The minimum atomic E-state index is -0.567. The molecule has 1 amide bonds. The number of carbonyl (C=O) groups excluding carboxylic acids is 1. The molecule has 24 heavy (non-hydrogen) atoms. The van der Waals surface area contributed by atoms with E-state index in [9.17, 15) is 9.18 Å². The van der Waals surface area contributed by atoms with E-state index in [0.29, 0.717) is 24.5 Å². The zero-order valence-corrected chi connectivity index (χ0v) is 13.3. The second-order valence-corrected chi connectivity index (χ2v) is 5.04. The molecule has 0 saturated heterocycles. The van der Waals surface area contributed by atoms with Crippen molar-refractivity contribution in [2.24, 2.45) is 0 Å². The van der Waals surface area contributed by atoms with E-state index in [-0.39, 0.29) is 17.9 Å². The number of benzene rings is 2. The number of anilines is 1. The summed E-state index contributed by atoms with van der Waals surface area (Å²) < 4.78 is 18.7. The van der Waals surface area contributed by atoms with Crippen molar-refractivity contribution in [2.75, 3.05) is 25.5 Å². The second kappa shape index (κ2) is 8.53. The molecule has 0 atom stereocenters. The number of ether oxygens (including phenoxy) is 1. The molecule has 0 heterocycles. The highest BCUT2D eigenvalue weighted by Gasteiger charge is 2.09. The monoisotopic (exact) mass is 327 g/mol. The van der Waals surface area contributed by atoms with Gasteiger partial charge in [-0.25, -0.2) is 4.39 Å².